The molecule has 9 heteroatoms. The van der Waals surface area contributed by atoms with Gasteiger partial charge in [0.15, 0.2) is 6.10 Å². The number of aliphatic hydroxyl groups excluding tert-OH is 1. The monoisotopic (exact) mass is 353 g/mol. The van der Waals surface area contributed by atoms with Crippen molar-refractivity contribution in [1.82, 2.24) is 14.9 Å². The number of carbonyl (C=O) groups excluding carboxylic acids is 1. The zero-order chi connectivity index (χ0) is 18.2. The Morgan fingerprint density at radius 2 is 2.12 bits per heavy atom. The second-order valence-electron chi connectivity index (χ2n) is 5.69. The van der Waals surface area contributed by atoms with E-state index in [9.17, 15) is 27.9 Å². The minimum absolute atomic E-state index is 0.0483. The molecule has 0 fully saturated rings. The number of alkyl halides is 3. The van der Waals surface area contributed by atoms with Crippen LogP contribution in [0.4, 0.5) is 13.2 Å². The first kappa shape index (κ1) is 17.2. The molecule has 0 saturated heterocycles. The highest BCUT2D eigenvalue weighted by atomic mass is 19.4. The van der Waals surface area contributed by atoms with Crippen molar-refractivity contribution in [1.29, 1.82) is 0 Å². The Hall–Kier alpha value is -2.68. The van der Waals surface area contributed by atoms with Crippen LogP contribution in [-0.2, 0) is 23.9 Å². The molecule has 1 aromatic carbocycles. The van der Waals surface area contributed by atoms with Crippen molar-refractivity contribution < 1.29 is 23.1 Å². The lowest BCUT2D eigenvalue weighted by Crippen LogP contribution is -2.41. The fourth-order valence-electron chi connectivity index (χ4n) is 2.74. The molecule has 0 spiro atoms. The number of halogens is 3. The van der Waals surface area contributed by atoms with Gasteiger partial charge in [-0.25, -0.2) is 4.98 Å². The van der Waals surface area contributed by atoms with Gasteiger partial charge in [-0.1, -0.05) is 12.1 Å². The number of H-pyrrole nitrogens is 1. The van der Waals surface area contributed by atoms with Crippen LogP contribution in [-0.4, -0.2) is 32.4 Å². The maximum atomic E-state index is 12.8. The lowest BCUT2D eigenvalue weighted by atomic mass is 10.0. The average Bonchev–Trinajstić information content (AvgIpc) is 2.60. The second kappa shape index (κ2) is 6.32. The number of rotatable bonds is 2. The molecule has 1 unspecified atom stereocenters. The highest BCUT2D eigenvalue weighted by Gasteiger charge is 2.33. The summed E-state index contributed by atoms with van der Waals surface area (Å²) < 4.78 is 38.3. The van der Waals surface area contributed by atoms with Crippen molar-refractivity contribution in [2.75, 3.05) is 6.54 Å². The quantitative estimate of drug-likeness (QED) is 0.855. The summed E-state index contributed by atoms with van der Waals surface area (Å²) in [5.74, 6) is -0.756. The van der Waals surface area contributed by atoms with Crippen molar-refractivity contribution in [2.24, 2.45) is 0 Å². The van der Waals surface area contributed by atoms with Crippen molar-refractivity contribution >= 4 is 5.91 Å². The highest BCUT2D eigenvalue weighted by Crippen LogP contribution is 2.31. The Bertz CT molecular complexity index is 863. The van der Waals surface area contributed by atoms with Crippen molar-refractivity contribution in [3.8, 4) is 0 Å². The number of hydrogen-bond donors (Lipinski definition) is 2. The molecule has 0 radical (unpaired) electrons. The summed E-state index contributed by atoms with van der Waals surface area (Å²) in [7, 11) is 0. The summed E-state index contributed by atoms with van der Waals surface area (Å²) in [6, 6.07) is 4.00. The van der Waals surface area contributed by atoms with Gasteiger partial charge in [0.1, 0.15) is 0 Å². The van der Waals surface area contributed by atoms with Crippen LogP contribution < -0.4 is 5.56 Å². The number of benzene rings is 1. The maximum absolute atomic E-state index is 12.8. The third kappa shape index (κ3) is 3.41. The van der Waals surface area contributed by atoms with E-state index in [1.807, 2.05) is 0 Å². The van der Waals surface area contributed by atoms with Gasteiger partial charge in [0.25, 0.3) is 11.5 Å². The number of aromatic amines is 1. The number of carbonyl (C=O) groups is 1. The van der Waals surface area contributed by atoms with E-state index in [0.29, 0.717) is 17.7 Å². The molecule has 2 heterocycles. The van der Waals surface area contributed by atoms with E-state index in [2.05, 4.69) is 9.97 Å². The molecule has 0 bridgehead atoms. The van der Waals surface area contributed by atoms with Crippen LogP contribution in [0.5, 0.6) is 0 Å². The molecule has 6 nitrogen and oxygen atoms in total. The number of nitrogens with zero attached hydrogens (tertiary/aromatic N) is 2. The fourth-order valence-corrected chi connectivity index (χ4v) is 2.74. The number of fused-ring (bicyclic) bond motifs is 1. The zero-order valence-electron chi connectivity index (χ0n) is 12.9. The minimum atomic E-state index is -4.57. The summed E-state index contributed by atoms with van der Waals surface area (Å²) in [4.78, 5) is 31.9. The van der Waals surface area contributed by atoms with Gasteiger partial charge in [0, 0.05) is 13.0 Å². The molecule has 1 amide bonds. The number of nitrogens with one attached hydrogen (secondary N) is 1. The van der Waals surface area contributed by atoms with Crippen LogP contribution in [0, 0.1) is 0 Å². The molecule has 0 saturated carbocycles. The van der Waals surface area contributed by atoms with Crippen LogP contribution in [0.2, 0.25) is 0 Å². The van der Waals surface area contributed by atoms with E-state index in [1.165, 1.54) is 17.3 Å². The molecule has 25 heavy (non-hydrogen) atoms. The SMILES string of the molecule is O=C(C(O)c1cccc(C(F)(F)F)c1)N1CCc2nc[nH]c(=O)c2C1. The molecule has 2 N–H and O–H groups in total. The van der Waals surface area contributed by atoms with Gasteiger partial charge in [-0.15, -0.1) is 0 Å². The average molecular weight is 353 g/mol. The Kier molecular flexibility index (Phi) is 4.34. The van der Waals surface area contributed by atoms with Gasteiger partial charge in [-0.05, 0) is 17.7 Å². The molecule has 3 rings (SSSR count). The van der Waals surface area contributed by atoms with Crippen LogP contribution >= 0.6 is 0 Å². The zero-order valence-corrected chi connectivity index (χ0v) is 12.9. The second-order valence-corrected chi connectivity index (χ2v) is 5.69. The summed E-state index contributed by atoms with van der Waals surface area (Å²) in [6.45, 7) is 0.172. The molecule has 1 aliphatic rings. The van der Waals surface area contributed by atoms with E-state index in [0.717, 1.165) is 18.2 Å². The Morgan fingerprint density at radius 1 is 1.36 bits per heavy atom. The summed E-state index contributed by atoms with van der Waals surface area (Å²) in [5, 5.41) is 10.2. The van der Waals surface area contributed by atoms with E-state index < -0.39 is 23.8 Å². The van der Waals surface area contributed by atoms with Crippen LogP contribution in [0.3, 0.4) is 0 Å². The molecule has 0 aliphatic carbocycles. The molecule has 1 aromatic heterocycles. The summed E-state index contributed by atoms with van der Waals surface area (Å²) >= 11 is 0. The molecular weight excluding hydrogens is 339 g/mol. The highest BCUT2D eigenvalue weighted by molar-refractivity contribution is 5.82. The lowest BCUT2D eigenvalue weighted by molar-refractivity contribution is -0.142. The van der Waals surface area contributed by atoms with E-state index in [1.54, 1.807) is 0 Å². The normalized spacial score (nSPS) is 15.6. The molecule has 132 valence electrons. The lowest BCUT2D eigenvalue weighted by Gasteiger charge is -2.29. The van der Waals surface area contributed by atoms with Crippen molar-refractivity contribution in [3.05, 3.63) is 63.3 Å². The van der Waals surface area contributed by atoms with Crippen LogP contribution in [0.1, 0.15) is 28.5 Å². The molecular formula is C16H14F3N3O3. The largest absolute Gasteiger partial charge is 0.416 e. The number of hydrogen-bond acceptors (Lipinski definition) is 4. The molecule has 2 aromatic rings. The third-order valence-corrected chi connectivity index (χ3v) is 4.08. The smallest absolute Gasteiger partial charge is 0.378 e. The van der Waals surface area contributed by atoms with Gasteiger partial charge in [-0.3, -0.25) is 9.59 Å². The predicted octanol–water partition coefficient (Wildman–Crippen LogP) is 1.41. The standard InChI is InChI=1S/C16H14F3N3O3/c17-16(18,19)10-3-1-2-9(6-10)13(23)15(25)22-5-4-12-11(7-22)14(24)21-8-20-12/h1-3,6,8,13,23H,4-5,7H2,(H,20,21,24). The van der Waals surface area contributed by atoms with Gasteiger partial charge >= 0.3 is 6.18 Å². The Morgan fingerprint density at radius 3 is 2.84 bits per heavy atom. The topological polar surface area (TPSA) is 86.3 Å². The molecule has 1 aliphatic heterocycles. The maximum Gasteiger partial charge on any atom is 0.416 e. The van der Waals surface area contributed by atoms with E-state index in [-0.39, 0.29) is 24.2 Å². The first-order chi connectivity index (χ1) is 11.8. The van der Waals surface area contributed by atoms with Crippen LogP contribution in [0.25, 0.3) is 0 Å². The first-order valence-corrected chi connectivity index (χ1v) is 7.47. The Balaban J connectivity index is 1.82. The van der Waals surface area contributed by atoms with Crippen LogP contribution in [0.15, 0.2) is 35.4 Å². The Labute approximate surface area is 139 Å². The summed E-state index contributed by atoms with van der Waals surface area (Å²) in [6.07, 6.45) is -4.70. The van der Waals surface area contributed by atoms with Gasteiger partial charge in [0.05, 0.1) is 29.7 Å². The van der Waals surface area contributed by atoms with Gasteiger partial charge < -0.3 is 15.0 Å². The van der Waals surface area contributed by atoms with E-state index >= 15 is 0 Å². The predicted molar refractivity (Wildman–Crippen MR) is 80.4 cm³/mol. The third-order valence-electron chi connectivity index (χ3n) is 4.08. The first-order valence-electron chi connectivity index (χ1n) is 7.47. The summed E-state index contributed by atoms with van der Waals surface area (Å²) in [5.41, 5.74) is -0.581. The van der Waals surface area contributed by atoms with Gasteiger partial charge in [-0.2, -0.15) is 13.2 Å². The number of aromatic nitrogens is 2. The fraction of sp³-hybridized carbons (Fsp3) is 0.312. The van der Waals surface area contributed by atoms with Crippen molar-refractivity contribution in [3.63, 3.8) is 0 Å². The number of amides is 1. The minimum Gasteiger partial charge on any atom is -0.378 e. The van der Waals surface area contributed by atoms with E-state index in [4.69, 9.17) is 0 Å². The van der Waals surface area contributed by atoms with Gasteiger partial charge in [0.2, 0.25) is 0 Å². The molecule has 1 atom stereocenters. The number of aliphatic hydroxyl groups is 1. The van der Waals surface area contributed by atoms with Crippen molar-refractivity contribution in [2.45, 2.75) is 25.2 Å².